The summed E-state index contributed by atoms with van der Waals surface area (Å²) < 4.78 is 0. The van der Waals surface area contributed by atoms with Crippen molar-refractivity contribution in [2.75, 3.05) is 0 Å². The van der Waals surface area contributed by atoms with E-state index in [2.05, 4.69) is 72.9 Å². The Morgan fingerprint density at radius 3 is 2.25 bits per heavy atom. The van der Waals surface area contributed by atoms with Crippen LogP contribution >= 0.6 is 0 Å². The third-order valence-corrected chi connectivity index (χ3v) is 4.41. The fourth-order valence-electron chi connectivity index (χ4n) is 3.15. The van der Waals surface area contributed by atoms with Gasteiger partial charge in [-0.1, -0.05) is 101 Å². The summed E-state index contributed by atoms with van der Waals surface area (Å²) >= 11 is 0. The molecular weight excluding hydrogens is 288 g/mol. The van der Waals surface area contributed by atoms with E-state index in [1.54, 1.807) is 0 Å². The summed E-state index contributed by atoms with van der Waals surface area (Å²) in [5.74, 6) is 1.60. The monoisotopic (exact) mass is 318 g/mol. The maximum absolute atomic E-state index is 2.34. The van der Waals surface area contributed by atoms with Crippen molar-refractivity contribution in [1.82, 2.24) is 0 Å². The zero-order valence-corrected chi connectivity index (χ0v) is 15.5. The molecule has 0 N–H and O–H groups in total. The van der Waals surface area contributed by atoms with Crippen molar-refractivity contribution in [1.29, 1.82) is 0 Å². The van der Waals surface area contributed by atoms with Gasteiger partial charge in [0.05, 0.1) is 0 Å². The standard InChI is InChI=1S/C20H18.2C2H6/c1-2-4-7-15(6-3-1)16-10-12-17(13-11-16)19-9-5-8-18-14-20(18)19;2*1-2/h1,3-13,18,20H,2,14H2;2*1-2H3. The Morgan fingerprint density at radius 1 is 0.792 bits per heavy atom. The molecule has 4 rings (SSSR count). The van der Waals surface area contributed by atoms with Crippen LogP contribution in [0.25, 0.3) is 11.1 Å². The predicted molar refractivity (Wildman–Crippen MR) is 109 cm³/mol. The molecule has 2 atom stereocenters. The lowest BCUT2D eigenvalue weighted by Gasteiger charge is -2.10. The van der Waals surface area contributed by atoms with Gasteiger partial charge in [-0.15, -0.1) is 0 Å². The number of hydrogen-bond acceptors (Lipinski definition) is 0. The Balaban J connectivity index is 0.000000487. The van der Waals surface area contributed by atoms with Gasteiger partial charge < -0.3 is 0 Å². The van der Waals surface area contributed by atoms with E-state index in [-0.39, 0.29) is 0 Å². The summed E-state index contributed by atoms with van der Waals surface area (Å²) in [7, 11) is 0. The van der Waals surface area contributed by atoms with Gasteiger partial charge in [-0.2, -0.15) is 0 Å². The summed E-state index contributed by atoms with van der Waals surface area (Å²) in [4.78, 5) is 0. The molecule has 1 fully saturated rings. The molecule has 3 aliphatic rings. The quantitative estimate of drug-likeness (QED) is 0.539. The van der Waals surface area contributed by atoms with Gasteiger partial charge in [0.25, 0.3) is 0 Å². The molecule has 1 saturated carbocycles. The van der Waals surface area contributed by atoms with E-state index in [1.807, 2.05) is 27.7 Å². The molecule has 3 aliphatic carbocycles. The molecule has 0 heteroatoms. The molecule has 0 bridgehead atoms. The number of hydrogen-bond donors (Lipinski definition) is 0. The topological polar surface area (TPSA) is 0 Å². The lowest BCUT2D eigenvalue weighted by Crippen LogP contribution is -1.92. The number of rotatable bonds is 2. The van der Waals surface area contributed by atoms with Crippen molar-refractivity contribution in [3.63, 3.8) is 0 Å². The van der Waals surface area contributed by atoms with Crippen molar-refractivity contribution < 1.29 is 0 Å². The zero-order chi connectivity index (χ0) is 17.4. The van der Waals surface area contributed by atoms with Crippen LogP contribution in [0.3, 0.4) is 0 Å². The van der Waals surface area contributed by atoms with Crippen LogP contribution in [-0.2, 0) is 0 Å². The summed E-state index contributed by atoms with van der Waals surface area (Å²) in [6.45, 7) is 8.00. The molecule has 0 heterocycles. The molecule has 126 valence electrons. The van der Waals surface area contributed by atoms with Crippen LogP contribution < -0.4 is 0 Å². The third-order valence-electron chi connectivity index (χ3n) is 4.41. The van der Waals surface area contributed by atoms with Crippen LogP contribution in [0.4, 0.5) is 0 Å². The lowest BCUT2D eigenvalue weighted by atomic mass is 9.94. The molecule has 0 aliphatic heterocycles. The van der Waals surface area contributed by atoms with Crippen LogP contribution in [-0.4, -0.2) is 0 Å². The normalized spacial score (nSPS) is 22.7. The molecule has 0 saturated heterocycles. The highest BCUT2D eigenvalue weighted by molar-refractivity contribution is 5.78. The average molecular weight is 319 g/mol. The first-order chi connectivity index (χ1) is 11.9. The van der Waals surface area contributed by atoms with E-state index in [4.69, 9.17) is 0 Å². The van der Waals surface area contributed by atoms with Gasteiger partial charge in [0.1, 0.15) is 0 Å². The summed E-state index contributed by atoms with van der Waals surface area (Å²) in [6.07, 6.45) is 20.2. The molecule has 1 aromatic carbocycles. The van der Waals surface area contributed by atoms with Crippen molar-refractivity contribution in [3.8, 4) is 0 Å². The van der Waals surface area contributed by atoms with Gasteiger partial charge in [0, 0.05) is 0 Å². The van der Waals surface area contributed by atoms with Gasteiger partial charge >= 0.3 is 0 Å². The van der Waals surface area contributed by atoms with E-state index in [9.17, 15) is 0 Å². The SMILES string of the molecule is C1=CCC=CC(c2ccc(C3=CC=CC4CC34)cc2)=C1.CC.CC. The Bertz CT molecular complexity index is 662. The van der Waals surface area contributed by atoms with Crippen LogP contribution in [0, 0.1) is 11.8 Å². The molecule has 2 unspecified atom stereocenters. The maximum atomic E-state index is 2.34. The minimum absolute atomic E-state index is 0.783. The van der Waals surface area contributed by atoms with Crippen LogP contribution in [0.2, 0.25) is 0 Å². The largest absolute Gasteiger partial charge is 0.0808 e. The highest BCUT2D eigenvalue weighted by Gasteiger charge is 2.39. The fourth-order valence-corrected chi connectivity index (χ4v) is 3.15. The van der Waals surface area contributed by atoms with Gasteiger partial charge in [0.2, 0.25) is 0 Å². The first-order valence-electron chi connectivity index (χ1n) is 9.44. The van der Waals surface area contributed by atoms with Gasteiger partial charge in [-0.05, 0) is 47.0 Å². The Labute approximate surface area is 148 Å². The molecule has 0 radical (unpaired) electrons. The smallest absolute Gasteiger partial charge is 0.00869 e. The van der Waals surface area contributed by atoms with Gasteiger partial charge in [-0.3, -0.25) is 0 Å². The van der Waals surface area contributed by atoms with Crippen LogP contribution in [0.5, 0.6) is 0 Å². The first kappa shape index (κ1) is 18.3. The summed E-state index contributed by atoms with van der Waals surface area (Å²) in [6, 6.07) is 9.06. The molecule has 0 amide bonds. The van der Waals surface area contributed by atoms with Gasteiger partial charge in [0.15, 0.2) is 0 Å². The molecular formula is C24H30. The van der Waals surface area contributed by atoms with Crippen LogP contribution in [0.15, 0.2) is 72.9 Å². The zero-order valence-electron chi connectivity index (χ0n) is 15.5. The Morgan fingerprint density at radius 2 is 1.50 bits per heavy atom. The molecule has 0 aromatic heterocycles. The van der Waals surface area contributed by atoms with Crippen molar-refractivity contribution >= 4 is 11.1 Å². The van der Waals surface area contributed by atoms with Crippen molar-refractivity contribution in [2.24, 2.45) is 11.8 Å². The van der Waals surface area contributed by atoms with Crippen molar-refractivity contribution in [3.05, 3.63) is 84.0 Å². The third kappa shape index (κ3) is 4.26. The minimum Gasteiger partial charge on any atom is -0.0808 e. The molecule has 0 nitrogen and oxygen atoms in total. The number of allylic oxidation sites excluding steroid dienone is 10. The fraction of sp³-hybridized carbons (Fsp3) is 0.333. The second-order valence-electron chi connectivity index (χ2n) is 5.78. The molecule has 0 spiro atoms. The molecule has 1 aromatic rings. The number of fused-ring (bicyclic) bond motifs is 1. The van der Waals surface area contributed by atoms with E-state index in [0.29, 0.717) is 0 Å². The van der Waals surface area contributed by atoms with Gasteiger partial charge in [-0.25, -0.2) is 0 Å². The van der Waals surface area contributed by atoms with E-state index in [0.717, 1.165) is 18.3 Å². The molecule has 24 heavy (non-hydrogen) atoms. The number of benzene rings is 1. The minimum atomic E-state index is 0.783. The van der Waals surface area contributed by atoms with E-state index >= 15 is 0 Å². The Kier molecular flexibility index (Phi) is 7.06. The van der Waals surface area contributed by atoms with Crippen molar-refractivity contribution in [2.45, 2.75) is 40.5 Å². The highest BCUT2D eigenvalue weighted by atomic mass is 14.4. The van der Waals surface area contributed by atoms with E-state index < -0.39 is 0 Å². The first-order valence-corrected chi connectivity index (χ1v) is 9.44. The second-order valence-corrected chi connectivity index (χ2v) is 5.78. The van der Waals surface area contributed by atoms with Crippen LogP contribution in [0.1, 0.15) is 51.7 Å². The van der Waals surface area contributed by atoms with E-state index in [1.165, 1.54) is 28.7 Å². The highest BCUT2D eigenvalue weighted by Crippen LogP contribution is 2.51. The summed E-state index contributed by atoms with van der Waals surface area (Å²) in [5.41, 5.74) is 5.51. The summed E-state index contributed by atoms with van der Waals surface area (Å²) in [5, 5.41) is 0. The maximum Gasteiger partial charge on any atom is -0.00869 e. The Hall–Kier alpha value is -2.08. The average Bonchev–Trinajstić information content (AvgIpc) is 3.48. The lowest BCUT2D eigenvalue weighted by molar-refractivity contribution is 0.999. The predicted octanol–water partition coefficient (Wildman–Crippen LogP) is 7.23. The second kappa shape index (κ2) is 9.27.